The number of hydrogen-bond donors (Lipinski definition) is 0. The van der Waals surface area contributed by atoms with E-state index >= 15 is 0 Å². The molecule has 3 aliphatic rings. The highest BCUT2D eigenvalue weighted by molar-refractivity contribution is 7.02. The van der Waals surface area contributed by atoms with Crippen LogP contribution >= 0.6 is 0 Å². The van der Waals surface area contributed by atoms with E-state index in [1.165, 1.54) is 60.6 Å². The summed E-state index contributed by atoms with van der Waals surface area (Å²) in [4.78, 5) is 7.41. The lowest BCUT2D eigenvalue weighted by Gasteiger charge is -2.45. The van der Waals surface area contributed by atoms with Crippen molar-refractivity contribution in [2.24, 2.45) is 0 Å². The van der Waals surface area contributed by atoms with Gasteiger partial charge in [-0.15, -0.1) is 0 Å². The van der Waals surface area contributed by atoms with Crippen molar-refractivity contribution >= 4 is 97.4 Å². The summed E-state index contributed by atoms with van der Waals surface area (Å²) in [7, 11) is 0. The standard InChI is InChI=1S/C63H47B2N3O/c1-42-35-43(2)62(44(3)36-42)65-53-31-19-20-32-60(53)69-61-41-57-54(40-55(61)65)64-52-34-33-46(45-21-9-4-10-22-45)37-56(52)67(49-27-15-7-16-28-49)58-38-51(39-59(63(58)64)68(57)50-29-17-8-18-30-50)66(47-23-11-5-12-24-47)48-25-13-6-14-26-48/h4-41H,1-3H3. The molecule has 4 nitrogen and oxygen atoms in total. The summed E-state index contributed by atoms with van der Waals surface area (Å²) >= 11 is 0. The smallest absolute Gasteiger partial charge is 0.252 e. The lowest BCUT2D eigenvalue weighted by atomic mass is 9.30. The highest BCUT2D eigenvalue weighted by Gasteiger charge is 2.46. The van der Waals surface area contributed by atoms with Gasteiger partial charge in [0.05, 0.1) is 5.69 Å². The van der Waals surface area contributed by atoms with E-state index in [1.54, 1.807) is 0 Å². The summed E-state index contributed by atoms with van der Waals surface area (Å²) in [6, 6.07) is 84.3. The summed E-state index contributed by atoms with van der Waals surface area (Å²) < 4.78 is 7.12. The quantitative estimate of drug-likeness (QED) is 0.148. The van der Waals surface area contributed by atoms with Crippen molar-refractivity contribution in [3.63, 3.8) is 0 Å². The van der Waals surface area contributed by atoms with E-state index in [2.05, 4.69) is 266 Å². The number of fused-ring (bicyclic) bond motifs is 6. The van der Waals surface area contributed by atoms with Crippen molar-refractivity contribution in [2.45, 2.75) is 20.8 Å². The van der Waals surface area contributed by atoms with Crippen molar-refractivity contribution in [1.29, 1.82) is 0 Å². The Kier molecular flexibility index (Phi) is 9.69. The SMILES string of the molecule is Cc1cc(C)c(B2c3ccccc3Oc3cc4c(cc32)B2c3ccc(-c5ccccc5)cc3N(c3ccccc3)c3cc(N(c5ccccc5)c5ccccc5)cc(c32)N4c2ccccc2)c(C)c1. The molecule has 0 amide bonds. The van der Waals surface area contributed by atoms with Crippen molar-refractivity contribution in [3.8, 4) is 22.6 Å². The lowest BCUT2D eigenvalue weighted by molar-refractivity contribution is 0.488. The van der Waals surface area contributed by atoms with Crippen LogP contribution in [0.25, 0.3) is 11.1 Å². The highest BCUT2D eigenvalue weighted by Crippen LogP contribution is 2.49. The van der Waals surface area contributed by atoms with Gasteiger partial charge >= 0.3 is 0 Å². The molecule has 10 aromatic carbocycles. The van der Waals surface area contributed by atoms with Gasteiger partial charge in [-0.05, 0) is 132 Å². The summed E-state index contributed by atoms with van der Waals surface area (Å²) in [6.07, 6.45) is 0. The predicted octanol–water partition coefficient (Wildman–Crippen LogP) is 12.5. The summed E-state index contributed by atoms with van der Waals surface area (Å²) in [6.45, 7) is 6.60. The molecule has 0 saturated carbocycles. The summed E-state index contributed by atoms with van der Waals surface area (Å²) in [5, 5.41) is 0. The molecule has 0 aromatic heterocycles. The average molecular weight is 884 g/mol. The third-order valence-electron chi connectivity index (χ3n) is 14.4. The minimum absolute atomic E-state index is 0.0288. The number of nitrogens with zero attached hydrogens (tertiary/aromatic N) is 3. The van der Waals surface area contributed by atoms with E-state index in [0.717, 1.165) is 62.7 Å². The molecule has 0 unspecified atom stereocenters. The molecule has 0 N–H and O–H groups in total. The van der Waals surface area contributed by atoms with Gasteiger partial charge in [0, 0.05) is 51.6 Å². The second-order valence-electron chi connectivity index (χ2n) is 18.7. The molecular formula is C63H47B2N3O. The monoisotopic (exact) mass is 883 g/mol. The van der Waals surface area contributed by atoms with Crippen LogP contribution in [0.1, 0.15) is 16.7 Å². The molecular weight excluding hydrogens is 836 g/mol. The maximum atomic E-state index is 7.12. The van der Waals surface area contributed by atoms with Crippen molar-refractivity contribution in [1.82, 2.24) is 0 Å². The fraction of sp³-hybridized carbons (Fsp3) is 0.0476. The van der Waals surface area contributed by atoms with Gasteiger partial charge in [0.25, 0.3) is 13.4 Å². The van der Waals surface area contributed by atoms with Crippen LogP contribution in [0.2, 0.25) is 0 Å². The van der Waals surface area contributed by atoms with Gasteiger partial charge in [0.15, 0.2) is 0 Å². The Balaban J connectivity index is 1.16. The Morgan fingerprint density at radius 3 is 1.45 bits per heavy atom. The van der Waals surface area contributed by atoms with Gasteiger partial charge in [0.2, 0.25) is 0 Å². The van der Waals surface area contributed by atoms with E-state index in [4.69, 9.17) is 4.74 Å². The van der Waals surface area contributed by atoms with Crippen LogP contribution < -0.4 is 52.2 Å². The van der Waals surface area contributed by atoms with Crippen LogP contribution in [0.4, 0.5) is 51.2 Å². The molecule has 326 valence electrons. The maximum Gasteiger partial charge on any atom is 0.252 e. The number of aryl methyl sites for hydroxylation is 3. The van der Waals surface area contributed by atoms with Crippen LogP contribution in [0, 0.1) is 20.8 Å². The molecule has 10 aromatic rings. The molecule has 0 aliphatic carbocycles. The molecule has 13 rings (SSSR count). The van der Waals surface area contributed by atoms with Gasteiger partial charge in [-0.3, -0.25) is 0 Å². The molecule has 0 fully saturated rings. The number of anilines is 9. The number of hydrogen-bond acceptors (Lipinski definition) is 4. The topological polar surface area (TPSA) is 19.0 Å². The van der Waals surface area contributed by atoms with Gasteiger partial charge in [-0.2, -0.15) is 0 Å². The van der Waals surface area contributed by atoms with Crippen molar-refractivity contribution in [2.75, 3.05) is 14.7 Å². The molecule has 0 saturated heterocycles. The van der Waals surface area contributed by atoms with E-state index in [1.807, 2.05) is 0 Å². The second kappa shape index (κ2) is 16.4. The minimum Gasteiger partial charge on any atom is -0.458 e. The number of para-hydroxylation sites is 5. The first-order chi connectivity index (χ1) is 34.0. The maximum absolute atomic E-state index is 7.12. The van der Waals surface area contributed by atoms with Crippen molar-refractivity contribution in [3.05, 3.63) is 247 Å². The van der Waals surface area contributed by atoms with E-state index in [-0.39, 0.29) is 13.4 Å². The average Bonchev–Trinajstić information content (AvgIpc) is 3.39. The molecule has 6 heteroatoms. The van der Waals surface area contributed by atoms with Crippen LogP contribution in [-0.2, 0) is 0 Å². The summed E-state index contributed by atoms with van der Waals surface area (Å²) in [5.74, 6) is 1.78. The first-order valence-corrected chi connectivity index (χ1v) is 24.0. The zero-order chi connectivity index (χ0) is 46.2. The number of ether oxygens (including phenoxy) is 1. The minimum atomic E-state index is -0.121. The summed E-state index contributed by atoms with van der Waals surface area (Å²) in [5.41, 5.74) is 23.6. The number of benzene rings is 10. The molecule has 3 aliphatic heterocycles. The Morgan fingerprint density at radius 1 is 0.348 bits per heavy atom. The molecule has 69 heavy (non-hydrogen) atoms. The van der Waals surface area contributed by atoms with E-state index < -0.39 is 0 Å². The third-order valence-corrected chi connectivity index (χ3v) is 14.4. The lowest BCUT2D eigenvalue weighted by Crippen LogP contribution is -2.63. The van der Waals surface area contributed by atoms with Gasteiger partial charge in [-0.1, -0.05) is 174 Å². The van der Waals surface area contributed by atoms with Crippen LogP contribution in [-0.4, -0.2) is 13.4 Å². The van der Waals surface area contributed by atoms with Crippen molar-refractivity contribution < 1.29 is 4.74 Å². The predicted molar refractivity (Wildman–Crippen MR) is 292 cm³/mol. The third kappa shape index (κ3) is 6.70. The van der Waals surface area contributed by atoms with Crippen LogP contribution in [0.3, 0.4) is 0 Å². The fourth-order valence-corrected chi connectivity index (χ4v) is 11.6. The van der Waals surface area contributed by atoms with Crippen LogP contribution in [0.15, 0.2) is 231 Å². The van der Waals surface area contributed by atoms with Crippen LogP contribution in [0.5, 0.6) is 11.5 Å². The normalized spacial score (nSPS) is 12.9. The van der Waals surface area contributed by atoms with E-state index in [0.29, 0.717) is 0 Å². The Morgan fingerprint density at radius 2 is 0.855 bits per heavy atom. The number of rotatable bonds is 7. The zero-order valence-electron chi connectivity index (χ0n) is 38.8. The largest absolute Gasteiger partial charge is 0.458 e. The van der Waals surface area contributed by atoms with E-state index in [9.17, 15) is 0 Å². The molecule has 0 radical (unpaired) electrons. The molecule has 0 bridgehead atoms. The fourth-order valence-electron chi connectivity index (χ4n) is 11.6. The van der Waals surface area contributed by atoms with Gasteiger partial charge < -0.3 is 19.4 Å². The Labute approximate surface area is 405 Å². The molecule has 0 spiro atoms. The Hall–Kier alpha value is -8.47. The van der Waals surface area contributed by atoms with Gasteiger partial charge in [-0.25, -0.2) is 0 Å². The second-order valence-corrected chi connectivity index (χ2v) is 18.7. The molecule has 3 heterocycles. The zero-order valence-corrected chi connectivity index (χ0v) is 38.8. The molecule has 0 atom stereocenters. The van der Waals surface area contributed by atoms with Gasteiger partial charge in [0.1, 0.15) is 11.5 Å². The Bertz CT molecular complexity index is 3530. The first kappa shape index (κ1) is 40.8. The first-order valence-electron chi connectivity index (χ1n) is 24.0. The highest BCUT2D eigenvalue weighted by atomic mass is 16.5.